The Morgan fingerprint density at radius 2 is 1.96 bits per heavy atom. The standard InChI is InChI=1S/C20H27N5O2S/c26-18(23-19(27)21-14-16-8-2-1-3-9-16)12-13-28-20-22-17(24-25-20)11-10-15-6-4-5-7-15/h1-3,8-9,15H,4-7,10-14H2,(H,22,24,25)(H2,21,23,26,27). The number of amides is 3. The van der Waals surface area contributed by atoms with Crippen molar-refractivity contribution < 1.29 is 9.59 Å². The first-order chi connectivity index (χ1) is 13.7. The van der Waals surface area contributed by atoms with Gasteiger partial charge in [0.25, 0.3) is 0 Å². The first-order valence-electron chi connectivity index (χ1n) is 9.85. The second kappa shape index (κ2) is 10.8. The number of aromatic nitrogens is 3. The molecule has 1 aromatic carbocycles. The van der Waals surface area contributed by atoms with Gasteiger partial charge in [0.15, 0.2) is 0 Å². The highest BCUT2D eigenvalue weighted by Crippen LogP contribution is 2.28. The van der Waals surface area contributed by atoms with Gasteiger partial charge in [0.05, 0.1) is 0 Å². The lowest BCUT2D eigenvalue weighted by Gasteiger charge is -2.06. The minimum atomic E-state index is -0.481. The molecule has 0 saturated heterocycles. The van der Waals surface area contributed by atoms with Crippen LogP contribution in [0.25, 0.3) is 0 Å². The first kappa shape index (κ1) is 20.4. The van der Waals surface area contributed by atoms with Crippen molar-refractivity contribution in [3.63, 3.8) is 0 Å². The van der Waals surface area contributed by atoms with Gasteiger partial charge in [-0.15, -0.1) is 5.10 Å². The average Bonchev–Trinajstić information content (AvgIpc) is 3.37. The smallest absolute Gasteiger partial charge is 0.321 e. The molecule has 8 heteroatoms. The van der Waals surface area contributed by atoms with E-state index < -0.39 is 6.03 Å². The molecular weight excluding hydrogens is 374 g/mol. The predicted molar refractivity (Wildman–Crippen MR) is 109 cm³/mol. The zero-order valence-corrected chi connectivity index (χ0v) is 16.8. The number of urea groups is 1. The third-order valence-corrected chi connectivity index (χ3v) is 5.73. The van der Waals surface area contributed by atoms with Crippen molar-refractivity contribution >= 4 is 23.7 Å². The Morgan fingerprint density at radius 3 is 2.75 bits per heavy atom. The molecule has 1 aliphatic rings. The number of benzene rings is 1. The summed E-state index contributed by atoms with van der Waals surface area (Å²) in [7, 11) is 0. The van der Waals surface area contributed by atoms with Gasteiger partial charge in [-0.25, -0.2) is 9.78 Å². The Kier molecular flexibility index (Phi) is 7.90. The van der Waals surface area contributed by atoms with Crippen molar-refractivity contribution in [2.75, 3.05) is 5.75 Å². The van der Waals surface area contributed by atoms with E-state index in [1.165, 1.54) is 43.9 Å². The summed E-state index contributed by atoms with van der Waals surface area (Å²) in [5, 5.41) is 12.9. The molecule has 2 aromatic rings. The van der Waals surface area contributed by atoms with Gasteiger partial charge in [-0.05, 0) is 17.9 Å². The molecule has 1 fully saturated rings. The average molecular weight is 402 g/mol. The molecule has 0 atom stereocenters. The van der Waals surface area contributed by atoms with Crippen molar-refractivity contribution in [1.82, 2.24) is 25.8 Å². The number of H-pyrrole nitrogens is 1. The molecule has 7 nitrogen and oxygen atoms in total. The Labute approximate surface area is 169 Å². The number of carbonyl (C=O) groups is 2. The highest BCUT2D eigenvalue weighted by atomic mass is 32.2. The quantitative estimate of drug-likeness (QED) is 0.559. The second-order valence-electron chi connectivity index (χ2n) is 7.07. The zero-order valence-electron chi connectivity index (χ0n) is 15.9. The molecule has 0 aliphatic heterocycles. The van der Waals surface area contributed by atoms with E-state index in [4.69, 9.17) is 0 Å². The highest BCUT2D eigenvalue weighted by Gasteiger charge is 2.16. The maximum absolute atomic E-state index is 11.9. The molecule has 1 heterocycles. The summed E-state index contributed by atoms with van der Waals surface area (Å²) < 4.78 is 0. The van der Waals surface area contributed by atoms with Crippen LogP contribution in [0.4, 0.5) is 4.79 Å². The van der Waals surface area contributed by atoms with Crippen LogP contribution in [0.1, 0.15) is 49.9 Å². The van der Waals surface area contributed by atoms with E-state index in [2.05, 4.69) is 25.8 Å². The van der Waals surface area contributed by atoms with Crippen molar-refractivity contribution in [2.24, 2.45) is 5.92 Å². The van der Waals surface area contributed by atoms with Gasteiger partial charge in [0.2, 0.25) is 11.1 Å². The fourth-order valence-electron chi connectivity index (χ4n) is 3.34. The van der Waals surface area contributed by atoms with Crippen LogP contribution in [0, 0.1) is 5.92 Å². The third-order valence-electron chi connectivity index (χ3n) is 4.88. The molecule has 1 saturated carbocycles. The van der Waals surface area contributed by atoms with Gasteiger partial charge < -0.3 is 5.32 Å². The molecular formula is C20H27N5O2S. The van der Waals surface area contributed by atoms with Crippen molar-refractivity contribution in [3.8, 4) is 0 Å². The molecule has 1 aliphatic carbocycles. The second-order valence-corrected chi connectivity index (χ2v) is 8.13. The number of aryl methyl sites for hydroxylation is 1. The fraction of sp³-hybridized carbons (Fsp3) is 0.500. The van der Waals surface area contributed by atoms with Gasteiger partial charge >= 0.3 is 6.03 Å². The van der Waals surface area contributed by atoms with Crippen LogP contribution in [0.2, 0.25) is 0 Å². The molecule has 28 heavy (non-hydrogen) atoms. The summed E-state index contributed by atoms with van der Waals surface area (Å²) in [6, 6.07) is 9.07. The number of hydrogen-bond donors (Lipinski definition) is 3. The summed E-state index contributed by atoms with van der Waals surface area (Å²) in [4.78, 5) is 28.1. The van der Waals surface area contributed by atoms with Crippen LogP contribution in [0.5, 0.6) is 0 Å². The lowest BCUT2D eigenvalue weighted by atomic mass is 10.0. The Morgan fingerprint density at radius 1 is 1.18 bits per heavy atom. The van der Waals surface area contributed by atoms with E-state index in [1.807, 2.05) is 30.3 Å². The Hall–Kier alpha value is -2.35. The minimum Gasteiger partial charge on any atom is -0.334 e. The predicted octanol–water partition coefficient (Wildman–Crippen LogP) is 3.44. The van der Waals surface area contributed by atoms with E-state index in [0.29, 0.717) is 17.5 Å². The molecule has 0 bridgehead atoms. The summed E-state index contributed by atoms with van der Waals surface area (Å²) in [5.41, 5.74) is 0.981. The maximum Gasteiger partial charge on any atom is 0.321 e. The number of hydrogen-bond acceptors (Lipinski definition) is 5. The first-order valence-corrected chi connectivity index (χ1v) is 10.8. The molecule has 150 valence electrons. The number of rotatable bonds is 9. The van der Waals surface area contributed by atoms with E-state index >= 15 is 0 Å². The fourth-order valence-corrected chi connectivity index (χ4v) is 4.10. The van der Waals surface area contributed by atoms with E-state index in [9.17, 15) is 9.59 Å². The van der Waals surface area contributed by atoms with E-state index in [1.54, 1.807) is 0 Å². The molecule has 3 rings (SSSR count). The van der Waals surface area contributed by atoms with Gasteiger partial charge in [0.1, 0.15) is 5.82 Å². The number of nitrogens with zero attached hydrogens (tertiary/aromatic N) is 2. The lowest BCUT2D eigenvalue weighted by molar-refractivity contribution is -0.119. The van der Waals surface area contributed by atoms with Crippen molar-refractivity contribution in [1.29, 1.82) is 0 Å². The van der Waals surface area contributed by atoms with Gasteiger partial charge in [0, 0.05) is 25.1 Å². The van der Waals surface area contributed by atoms with Gasteiger partial charge in [-0.3, -0.25) is 15.2 Å². The van der Waals surface area contributed by atoms with Crippen LogP contribution >= 0.6 is 11.8 Å². The van der Waals surface area contributed by atoms with Crippen LogP contribution in [-0.4, -0.2) is 32.9 Å². The number of thioether (sulfide) groups is 1. The summed E-state index contributed by atoms with van der Waals surface area (Å²) in [6.07, 6.45) is 7.71. The van der Waals surface area contributed by atoms with Gasteiger partial charge in [-0.2, -0.15) is 0 Å². The number of carbonyl (C=O) groups excluding carboxylic acids is 2. The van der Waals surface area contributed by atoms with Crippen molar-refractivity contribution in [2.45, 2.75) is 56.6 Å². The van der Waals surface area contributed by atoms with Crippen LogP contribution < -0.4 is 10.6 Å². The molecule has 3 N–H and O–H groups in total. The van der Waals surface area contributed by atoms with Crippen LogP contribution in [0.3, 0.4) is 0 Å². The minimum absolute atomic E-state index is 0.232. The normalized spacial score (nSPS) is 14.1. The summed E-state index contributed by atoms with van der Waals surface area (Å²) in [5.74, 6) is 1.96. The van der Waals surface area contributed by atoms with Crippen LogP contribution in [-0.2, 0) is 17.8 Å². The summed E-state index contributed by atoms with van der Waals surface area (Å²) >= 11 is 1.42. The highest BCUT2D eigenvalue weighted by molar-refractivity contribution is 7.99. The van der Waals surface area contributed by atoms with Crippen LogP contribution in [0.15, 0.2) is 35.5 Å². The molecule has 0 radical (unpaired) electrons. The van der Waals surface area contributed by atoms with Gasteiger partial charge in [-0.1, -0.05) is 67.8 Å². The SMILES string of the molecule is O=C(CCSc1n[nH]c(CCC2CCCC2)n1)NC(=O)NCc1ccccc1. The molecule has 0 unspecified atom stereocenters. The van der Waals surface area contributed by atoms with E-state index in [0.717, 1.165) is 23.7 Å². The third kappa shape index (κ3) is 6.99. The largest absolute Gasteiger partial charge is 0.334 e. The molecule has 0 spiro atoms. The number of aromatic amines is 1. The van der Waals surface area contributed by atoms with Crippen molar-refractivity contribution in [3.05, 3.63) is 41.7 Å². The summed E-state index contributed by atoms with van der Waals surface area (Å²) in [6.45, 7) is 0.384. The number of imide groups is 1. The van der Waals surface area contributed by atoms with E-state index in [-0.39, 0.29) is 12.3 Å². The lowest BCUT2D eigenvalue weighted by Crippen LogP contribution is -2.39. The Balaban J connectivity index is 1.29. The molecule has 1 aromatic heterocycles. The molecule has 3 amide bonds. The monoisotopic (exact) mass is 401 g/mol. The topological polar surface area (TPSA) is 99.8 Å². The number of nitrogens with one attached hydrogen (secondary N) is 3. The zero-order chi connectivity index (χ0) is 19.6. The maximum atomic E-state index is 11.9. The Bertz CT molecular complexity index is 759.